The molecule has 0 N–H and O–H groups in total. The fourth-order valence-electron chi connectivity index (χ4n) is 2.37. The molecule has 2 aromatic heterocycles. The standard InChI is InChI=1S/C13H13F3N4O2/c1-8-6-20(18-11(8)13(14,15)16)9-4-10(5-9)22-12(21)19-3-2-17-7-19/h2-3,6-7,9-10H,4-5H2,1H3. The summed E-state index contributed by atoms with van der Waals surface area (Å²) in [5.41, 5.74) is -0.780. The molecule has 1 aliphatic carbocycles. The highest BCUT2D eigenvalue weighted by molar-refractivity contribution is 5.70. The summed E-state index contributed by atoms with van der Waals surface area (Å²) in [6, 6.07) is -0.185. The second kappa shape index (κ2) is 5.15. The Morgan fingerprint density at radius 1 is 1.41 bits per heavy atom. The fraction of sp³-hybridized carbons (Fsp3) is 0.462. The third-order valence-electron chi connectivity index (χ3n) is 3.61. The summed E-state index contributed by atoms with van der Waals surface area (Å²) in [5, 5.41) is 3.60. The van der Waals surface area contributed by atoms with Crippen molar-refractivity contribution in [2.75, 3.05) is 0 Å². The van der Waals surface area contributed by atoms with E-state index in [-0.39, 0.29) is 17.7 Å². The highest BCUT2D eigenvalue weighted by Gasteiger charge is 2.39. The zero-order valence-electron chi connectivity index (χ0n) is 11.6. The lowest BCUT2D eigenvalue weighted by Gasteiger charge is -2.34. The number of hydrogen-bond acceptors (Lipinski definition) is 4. The Morgan fingerprint density at radius 2 is 2.14 bits per heavy atom. The minimum atomic E-state index is -4.45. The van der Waals surface area contributed by atoms with Crippen molar-refractivity contribution in [3.05, 3.63) is 36.2 Å². The lowest BCUT2D eigenvalue weighted by molar-refractivity contribution is -0.142. The SMILES string of the molecule is Cc1cn(C2CC(OC(=O)n3ccnc3)C2)nc1C(F)(F)F. The molecule has 2 aromatic rings. The number of aromatic nitrogens is 4. The monoisotopic (exact) mass is 314 g/mol. The van der Waals surface area contributed by atoms with Gasteiger partial charge in [0, 0.05) is 31.4 Å². The number of rotatable bonds is 2. The Labute approximate surface area is 123 Å². The molecule has 22 heavy (non-hydrogen) atoms. The van der Waals surface area contributed by atoms with Gasteiger partial charge >= 0.3 is 12.3 Å². The van der Waals surface area contributed by atoms with Crippen molar-refractivity contribution in [1.29, 1.82) is 0 Å². The predicted octanol–water partition coefficient (Wildman–Crippen LogP) is 2.80. The number of carbonyl (C=O) groups excluding carboxylic acids is 1. The molecule has 1 aliphatic rings. The number of halogens is 3. The van der Waals surface area contributed by atoms with Gasteiger partial charge in [-0.05, 0) is 12.5 Å². The van der Waals surface area contributed by atoms with Crippen LogP contribution in [0.1, 0.15) is 30.1 Å². The minimum absolute atomic E-state index is 0.0892. The van der Waals surface area contributed by atoms with Crippen molar-refractivity contribution in [2.24, 2.45) is 0 Å². The molecule has 0 radical (unpaired) electrons. The van der Waals surface area contributed by atoms with Crippen molar-refractivity contribution in [2.45, 2.75) is 38.1 Å². The molecule has 0 atom stereocenters. The average molecular weight is 314 g/mol. The van der Waals surface area contributed by atoms with Gasteiger partial charge in [-0.3, -0.25) is 4.68 Å². The molecule has 118 valence electrons. The van der Waals surface area contributed by atoms with Gasteiger partial charge in [0.2, 0.25) is 0 Å². The molecule has 1 saturated carbocycles. The van der Waals surface area contributed by atoms with E-state index in [1.807, 2.05) is 0 Å². The van der Waals surface area contributed by atoms with Gasteiger partial charge in [0.25, 0.3) is 0 Å². The second-order valence-corrected chi connectivity index (χ2v) is 5.24. The van der Waals surface area contributed by atoms with E-state index in [0.717, 1.165) is 0 Å². The number of aryl methyl sites for hydroxylation is 1. The molecule has 0 aromatic carbocycles. The maximum atomic E-state index is 12.7. The Morgan fingerprint density at radius 3 is 2.68 bits per heavy atom. The van der Waals surface area contributed by atoms with Crippen LogP contribution in [-0.4, -0.2) is 31.5 Å². The topological polar surface area (TPSA) is 61.9 Å². The number of hydrogen-bond donors (Lipinski definition) is 0. The maximum Gasteiger partial charge on any atom is 0.435 e. The van der Waals surface area contributed by atoms with Crippen LogP contribution in [0.3, 0.4) is 0 Å². The van der Waals surface area contributed by atoms with E-state index in [1.165, 1.54) is 41.1 Å². The summed E-state index contributed by atoms with van der Waals surface area (Å²) in [6.45, 7) is 1.38. The van der Waals surface area contributed by atoms with Crippen molar-refractivity contribution in [3.63, 3.8) is 0 Å². The van der Waals surface area contributed by atoms with Crippen molar-refractivity contribution in [1.82, 2.24) is 19.3 Å². The Hall–Kier alpha value is -2.32. The first-order valence-corrected chi connectivity index (χ1v) is 6.66. The van der Waals surface area contributed by atoms with Gasteiger partial charge in [-0.1, -0.05) is 0 Å². The molecule has 3 rings (SSSR count). The zero-order chi connectivity index (χ0) is 15.9. The molecule has 0 saturated heterocycles. The highest BCUT2D eigenvalue weighted by Crippen LogP contribution is 2.37. The molecule has 0 unspecified atom stereocenters. The van der Waals surface area contributed by atoms with Gasteiger partial charge < -0.3 is 4.74 Å². The average Bonchev–Trinajstić information content (AvgIpc) is 3.00. The Kier molecular flexibility index (Phi) is 3.42. The first-order chi connectivity index (χ1) is 10.3. The van der Waals surface area contributed by atoms with Crippen molar-refractivity contribution < 1.29 is 22.7 Å². The lowest BCUT2D eigenvalue weighted by atomic mass is 9.89. The van der Waals surface area contributed by atoms with E-state index in [1.54, 1.807) is 0 Å². The predicted molar refractivity (Wildman–Crippen MR) is 68.1 cm³/mol. The summed E-state index contributed by atoms with van der Waals surface area (Å²) in [4.78, 5) is 15.4. The first-order valence-electron chi connectivity index (χ1n) is 6.66. The van der Waals surface area contributed by atoms with Gasteiger partial charge in [0.15, 0.2) is 5.69 Å². The largest absolute Gasteiger partial charge is 0.445 e. The Balaban J connectivity index is 1.59. The molecule has 2 heterocycles. The van der Waals surface area contributed by atoms with Crippen LogP contribution in [0.15, 0.2) is 24.9 Å². The highest BCUT2D eigenvalue weighted by atomic mass is 19.4. The molecule has 1 fully saturated rings. The molecule has 0 bridgehead atoms. The fourth-order valence-corrected chi connectivity index (χ4v) is 2.37. The Bertz CT molecular complexity index is 672. The molecule has 6 nitrogen and oxygen atoms in total. The summed E-state index contributed by atoms with van der Waals surface area (Å²) in [6.07, 6.45) is 1.18. The van der Waals surface area contributed by atoms with Crippen LogP contribution in [0.25, 0.3) is 0 Å². The van der Waals surface area contributed by atoms with E-state index in [4.69, 9.17) is 4.74 Å². The molecular weight excluding hydrogens is 301 g/mol. The summed E-state index contributed by atoms with van der Waals surface area (Å²) >= 11 is 0. The van der Waals surface area contributed by atoms with Crippen LogP contribution in [0.4, 0.5) is 18.0 Å². The minimum Gasteiger partial charge on any atom is -0.445 e. The quantitative estimate of drug-likeness (QED) is 0.855. The van der Waals surface area contributed by atoms with Gasteiger partial charge in [-0.2, -0.15) is 18.3 Å². The molecule has 0 aliphatic heterocycles. The van der Waals surface area contributed by atoms with Crippen LogP contribution < -0.4 is 0 Å². The maximum absolute atomic E-state index is 12.7. The van der Waals surface area contributed by atoms with E-state index < -0.39 is 18.0 Å². The summed E-state index contributed by atoms with van der Waals surface area (Å²) in [5.74, 6) is 0. The van der Waals surface area contributed by atoms with Crippen molar-refractivity contribution in [3.8, 4) is 0 Å². The zero-order valence-corrected chi connectivity index (χ0v) is 11.6. The molecule has 0 spiro atoms. The molecular formula is C13H13F3N4O2. The number of alkyl halides is 3. The summed E-state index contributed by atoms with van der Waals surface area (Å²) < 4.78 is 45.8. The number of imidazole rings is 1. The van der Waals surface area contributed by atoms with Gasteiger partial charge in [-0.15, -0.1) is 0 Å². The molecule has 0 amide bonds. The first kappa shape index (κ1) is 14.6. The number of ether oxygens (including phenoxy) is 1. The third-order valence-corrected chi connectivity index (χ3v) is 3.61. The second-order valence-electron chi connectivity index (χ2n) is 5.24. The van der Waals surface area contributed by atoms with E-state index in [2.05, 4.69) is 10.1 Å². The van der Waals surface area contributed by atoms with Crippen molar-refractivity contribution >= 4 is 6.09 Å². The normalized spacial score (nSPS) is 21.5. The van der Waals surface area contributed by atoms with E-state index in [9.17, 15) is 18.0 Å². The number of nitrogens with zero attached hydrogens (tertiary/aromatic N) is 4. The third kappa shape index (κ3) is 2.70. The van der Waals surface area contributed by atoms with Crippen LogP contribution in [0.2, 0.25) is 0 Å². The van der Waals surface area contributed by atoms with Crippen LogP contribution in [-0.2, 0) is 10.9 Å². The van der Waals surface area contributed by atoms with E-state index in [0.29, 0.717) is 12.8 Å². The lowest BCUT2D eigenvalue weighted by Crippen LogP contribution is -2.36. The summed E-state index contributed by atoms with van der Waals surface area (Å²) in [7, 11) is 0. The van der Waals surface area contributed by atoms with Crippen LogP contribution in [0.5, 0.6) is 0 Å². The smallest absolute Gasteiger partial charge is 0.435 e. The molecule has 9 heteroatoms. The van der Waals surface area contributed by atoms with Crippen LogP contribution in [0, 0.1) is 6.92 Å². The van der Waals surface area contributed by atoms with Gasteiger partial charge in [0.1, 0.15) is 12.4 Å². The van der Waals surface area contributed by atoms with Gasteiger partial charge in [-0.25, -0.2) is 14.3 Å². The van der Waals surface area contributed by atoms with Gasteiger partial charge in [0.05, 0.1) is 6.04 Å². The number of carbonyl (C=O) groups is 1. The van der Waals surface area contributed by atoms with Crippen LogP contribution >= 0.6 is 0 Å². The van der Waals surface area contributed by atoms with E-state index >= 15 is 0 Å².